The van der Waals surface area contributed by atoms with Crippen LogP contribution >= 0.6 is 0 Å². The Balaban J connectivity index is 1.39. The summed E-state index contributed by atoms with van der Waals surface area (Å²) in [6, 6.07) is 12.5. The summed E-state index contributed by atoms with van der Waals surface area (Å²) >= 11 is 0. The van der Waals surface area contributed by atoms with Gasteiger partial charge in [-0.2, -0.15) is 0 Å². The van der Waals surface area contributed by atoms with Gasteiger partial charge in [0.25, 0.3) is 0 Å². The number of morpholine rings is 1. The minimum absolute atomic E-state index is 0.114. The molecule has 2 aromatic heterocycles. The van der Waals surface area contributed by atoms with Gasteiger partial charge in [0.05, 0.1) is 32.2 Å². The number of pyridine rings is 1. The number of hydrogen-bond donors (Lipinski definition) is 1. The maximum atomic E-state index is 11.7. The fourth-order valence-electron chi connectivity index (χ4n) is 5.13. The van der Waals surface area contributed by atoms with Crippen molar-refractivity contribution in [3.05, 3.63) is 59.5 Å². The number of aliphatic carboxylic acids is 1. The average molecular weight is 435 g/mol. The second-order valence-corrected chi connectivity index (χ2v) is 8.93. The molecule has 0 amide bonds. The van der Waals surface area contributed by atoms with Crippen LogP contribution in [0.3, 0.4) is 0 Å². The first-order chi connectivity index (χ1) is 15.7. The number of aromatic nitrogens is 3. The highest BCUT2D eigenvalue weighted by molar-refractivity contribution is 5.72. The molecule has 5 rings (SSSR count). The number of hydrogen-bond acceptors (Lipinski definition) is 5. The Labute approximate surface area is 188 Å². The number of imidazole rings is 1. The zero-order valence-electron chi connectivity index (χ0n) is 18.3. The molecule has 0 bridgehead atoms. The molecule has 168 valence electrons. The van der Waals surface area contributed by atoms with Gasteiger partial charge in [-0.05, 0) is 42.0 Å². The summed E-state index contributed by atoms with van der Waals surface area (Å²) in [5.74, 6) is 0.199. The zero-order chi connectivity index (χ0) is 21.9. The van der Waals surface area contributed by atoms with Crippen LogP contribution in [0.1, 0.15) is 48.6 Å². The fourth-order valence-corrected chi connectivity index (χ4v) is 5.13. The van der Waals surface area contributed by atoms with Crippen LogP contribution in [0.5, 0.6) is 0 Å². The molecule has 3 heterocycles. The van der Waals surface area contributed by atoms with E-state index in [1.165, 1.54) is 5.56 Å². The van der Waals surface area contributed by atoms with Gasteiger partial charge >= 0.3 is 5.97 Å². The maximum Gasteiger partial charge on any atom is 0.307 e. The fraction of sp³-hybridized carbons (Fsp3) is 0.480. The Morgan fingerprint density at radius 2 is 1.84 bits per heavy atom. The Bertz CT molecular complexity index is 1070. The van der Waals surface area contributed by atoms with Gasteiger partial charge in [-0.3, -0.25) is 9.69 Å². The lowest BCUT2D eigenvalue weighted by Crippen LogP contribution is -2.36. The first-order valence-electron chi connectivity index (χ1n) is 11.6. The van der Waals surface area contributed by atoms with E-state index < -0.39 is 5.97 Å². The number of nitrogens with zero attached hydrogens (tertiary/aromatic N) is 4. The van der Waals surface area contributed by atoms with Gasteiger partial charge in [0.15, 0.2) is 5.65 Å². The molecule has 1 aromatic carbocycles. The summed E-state index contributed by atoms with van der Waals surface area (Å²) in [6.45, 7) is 4.83. The van der Waals surface area contributed by atoms with Gasteiger partial charge in [-0.1, -0.05) is 37.1 Å². The van der Waals surface area contributed by atoms with E-state index in [0.717, 1.165) is 81.1 Å². The number of rotatable bonds is 6. The molecule has 1 aliphatic carbocycles. The quantitative estimate of drug-likeness (QED) is 0.638. The molecule has 7 heteroatoms. The van der Waals surface area contributed by atoms with Gasteiger partial charge < -0.3 is 14.4 Å². The lowest BCUT2D eigenvalue weighted by Gasteiger charge is -2.29. The van der Waals surface area contributed by atoms with Crippen molar-refractivity contribution in [1.82, 2.24) is 19.4 Å². The third-order valence-electron chi connectivity index (χ3n) is 6.88. The van der Waals surface area contributed by atoms with E-state index in [9.17, 15) is 9.90 Å². The molecule has 1 saturated carbocycles. The van der Waals surface area contributed by atoms with Crippen LogP contribution < -0.4 is 0 Å². The van der Waals surface area contributed by atoms with E-state index in [0.29, 0.717) is 6.54 Å². The smallest absolute Gasteiger partial charge is 0.307 e. The maximum absolute atomic E-state index is 11.7. The summed E-state index contributed by atoms with van der Waals surface area (Å²) in [4.78, 5) is 23.6. The summed E-state index contributed by atoms with van der Waals surface area (Å²) in [6.07, 6.45) is 5.67. The van der Waals surface area contributed by atoms with Crippen molar-refractivity contribution >= 4 is 17.1 Å². The molecular formula is C25H30N4O3. The number of fused-ring (bicyclic) bond motifs is 1. The predicted octanol–water partition coefficient (Wildman–Crippen LogP) is 3.67. The van der Waals surface area contributed by atoms with E-state index in [2.05, 4.69) is 38.7 Å². The molecule has 1 N–H and O–H groups in total. The SMILES string of the molecule is O=C(O)C1CCCCC1c1ccc(Cn2c(CN3CCOCC3)nc3cccnc32)cc1. The molecule has 2 atom stereocenters. The van der Waals surface area contributed by atoms with Gasteiger partial charge in [-0.25, -0.2) is 9.97 Å². The zero-order valence-corrected chi connectivity index (χ0v) is 18.3. The lowest BCUT2D eigenvalue weighted by atomic mass is 9.75. The summed E-state index contributed by atoms with van der Waals surface area (Å²) < 4.78 is 7.70. The predicted molar refractivity (Wildman–Crippen MR) is 122 cm³/mol. The van der Waals surface area contributed by atoms with E-state index in [-0.39, 0.29) is 11.8 Å². The molecule has 2 aliphatic rings. The molecule has 3 aromatic rings. The van der Waals surface area contributed by atoms with Crippen molar-refractivity contribution in [3.8, 4) is 0 Å². The summed E-state index contributed by atoms with van der Waals surface area (Å²) in [5, 5.41) is 9.63. The second kappa shape index (κ2) is 9.38. The second-order valence-electron chi connectivity index (χ2n) is 8.93. The van der Waals surface area contributed by atoms with Crippen LogP contribution in [0.4, 0.5) is 0 Å². The van der Waals surface area contributed by atoms with Crippen molar-refractivity contribution in [3.63, 3.8) is 0 Å². The topological polar surface area (TPSA) is 80.5 Å². The van der Waals surface area contributed by atoms with Crippen LogP contribution in [0.15, 0.2) is 42.6 Å². The van der Waals surface area contributed by atoms with Crippen LogP contribution in [0.25, 0.3) is 11.2 Å². The minimum atomic E-state index is -0.664. The Hall–Kier alpha value is -2.77. The van der Waals surface area contributed by atoms with Crippen molar-refractivity contribution in [2.24, 2.45) is 5.92 Å². The summed E-state index contributed by atoms with van der Waals surface area (Å²) in [7, 11) is 0. The number of carboxylic acid groups (broad SMARTS) is 1. The molecule has 1 saturated heterocycles. The van der Waals surface area contributed by atoms with Crippen molar-refractivity contribution < 1.29 is 14.6 Å². The number of benzene rings is 1. The molecule has 0 radical (unpaired) electrons. The monoisotopic (exact) mass is 434 g/mol. The Morgan fingerprint density at radius 3 is 2.62 bits per heavy atom. The largest absolute Gasteiger partial charge is 0.481 e. The van der Waals surface area contributed by atoms with Crippen LogP contribution in [0.2, 0.25) is 0 Å². The highest BCUT2D eigenvalue weighted by Gasteiger charge is 2.31. The molecule has 32 heavy (non-hydrogen) atoms. The third-order valence-corrected chi connectivity index (χ3v) is 6.88. The molecule has 1 aliphatic heterocycles. The van der Waals surface area contributed by atoms with Crippen LogP contribution in [-0.2, 0) is 22.6 Å². The normalized spacial score (nSPS) is 22.2. The molecule has 0 spiro atoms. The van der Waals surface area contributed by atoms with Gasteiger partial charge in [0.2, 0.25) is 0 Å². The molecular weight excluding hydrogens is 404 g/mol. The van der Waals surface area contributed by atoms with E-state index >= 15 is 0 Å². The molecule has 2 unspecified atom stereocenters. The summed E-state index contributed by atoms with van der Waals surface area (Å²) in [5.41, 5.74) is 4.13. The highest BCUT2D eigenvalue weighted by atomic mass is 16.5. The Kier molecular flexibility index (Phi) is 6.19. The first kappa shape index (κ1) is 21.1. The number of carbonyl (C=O) groups is 1. The molecule has 7 nitrogen and oxygen atoms in total. The van der Waals surface area contributed by atoms with Gasteiger partial charge in [0.1, 0.15) is 11.3 Å². The number of ether oxygens (including phenoxy) is 1. The van der Waals surface area contributed by atoms with Gasteiger partial charge in [0, 0.05) is 19.3 Å². The van der Waals surface area contributed by atoms with E-state index in [1.807, 2.05) is 18.3 Å². The number of carboxylic acids is 1. The van der Waals surface area contributed by atoms with Crippen molar-refractivity contribution in [2.45, 2.75) is 44.7 Å². The van der Waals surface area contributed by atoms with E-state index in [4.69, 9.17) is 9.72 Å². The van der Waals surface area contributed by atoms with Crippen LogP contribution in [0, 0.1) is 5.92 Å². The van der Waals surface area contributed by atoms with Crippen LogP contribution in [-0.4, -0.2) is 56.8 Å². The Morgan fingerprint density at radius 1 is 1.06 bits per heavy atom. The highest BCUT2D eigenvalue weighted by Crippen LogP contribution is 2.38. The third kappa shape index (κ3) is 4.40. The average Bonchev–Trinajstić information content (AvgIpc) is 3.17. The first-order valence-corrected chi connectivity index (χ1v) is 11.6. The van der Waals surface area contributed by atoms with Crippen molar-refractivity contribution in [1.29, 1.82) is 0 Å². The molecule has 2 fully saturated rings. The van der Waals surface area contributed by atoms with E-state index in [1.54, 1.807) is 0 Å². The lowest BCUT2D eigenvalue weighted by molar-refractivity contribution is -0.143. The standard InChI is InChI=1S/C25H30N4O3/c30-25(31)21-5-2-1-4-20(21)19-9-7-18(8-10-19)16-29-23(17-28-12-14-32-15-13-28)27-22-6-3-11-26-24(22)29/h3,6-11,20-21H,1-2,4-5,12-17H2,(H,30,31). The minimum Gasteiger partial charge on any atom is -0.481 e. The van der Waals surface area contributed by atoms with Gasteiger partial charge in [-0.15, -0.1) is 0 Å². The van der Waals surface area contributed by atoms with Crippen molar-refractivity contribution in [2.75, 3.05) is 26.3 Å².